The van der Waals surface area contributed by atoms with Gasteiger partial charge >= 0.3 is 0 Å². The summed E-state index contributed by atoms with van der Waals surface area (Å²) in [6, 6.07) is 0. The molecule has 0 spiro atoms. The van der Waals surface area contributed by atoms with Gasteiger partial charge in [-0.05, 0) is 69.1 Å². The SMILES string of the molecule is C=CCCCCC=C=C/C=C(\C#CC)CCC(C)(C)C=C. The van der Waals surface area contributed by atoms with Crippen molar-refractivity contribution in [3.8, 4) is 11.8 Å². The number of hydrogen-bond acceptors (Lipinski definition) is 0. The zero-order chi connectivity index (χ0) is 16.0. The molecule has 21 heavy (non-hydrogen) atoms. The fourth-order valence-corrected chi connectivity index (χ4v) is 1.74. The largest absolute Gasteiger partial charge is 0.125 e. The molecule has 0 aliphatic rings. The van der Waals surface area contributed by atoms with Gasteiger partial charge in [-0.3, -0.25) is 0 Å². The molecule has 0 amide bonds. The second-order valence-electron chi connectivity index (χ2n) is 5.87. The molecule has 0 nitrogen and oxygen atoms in total. The molecule has 0 rings (SSSR count). The van der Waals surface area contributed by atoms with E-state index < -0.39 is 0 Å². The standard InChI is InChI=1S/C21H30/c1-6-9-10-11-12-13-14-15-17-20(16-7-2)18-19-21(4,5)8-3/h6,8,13,15,17H,1,3,9-12,18-19H2,2,4-5H3/b20-17+. The molecule has 0 aliphatic heterocycles. The Hall–Kier alpha value is -1.70. The van der Waals surface area contributed by atoms with E-state index in [1.54, 1.807) is 0 Å². The molecule has 0 radical (unpaired) electrons. The van der Waals surface area contributed by atoms with Gasteiger partial charge in [0, 0.05) is 5.57 Å². The van der Waals surface area contributed by atoms with Gasteiger partial charge in [0.05, 0.1) is 0 Å². The Morgan fingerprint density at radius 3 is 2.48 bits per heavy atom. The third-order valence-corrected chi connectivity index (χ3v) is 3.38. The van der Waals surface area contributed by atoms with Gasteiger partial charge in [-0.15, -0.1) is 24.8 Å². The van der Waals surface area contributed by atoms with Crippen molar-refractivity contribution in [2.75, 3.05) is 0 Å². The van der Waals surface area contributed by atoms with Gasteiger partial charge in [0.15, 0.2) is 0 Å². The van der Waals surface area contributed by atoms with Crippen LogP contribution >= 0.6 is 0 Å². The van der Waals surface area contributed by atoms with E-state index in [1.807, 2.05) is 25.2 Å². The van der Waals surface area contributed by atoms with Crippen LogP contribution in [0.2, 0.25) is 0 Å². The normalized spacial score (nSPS) is 10.9. The molecule has 0 heterocycles. The highest BCUT2D eigenvalue weighted by Gasteiger charge is 2.12. The van der Waals surface area contributed by atoms with Crippen LogP contribution in [0.25, 0.3) is 0 Å². The summed E-state index contributed by atoms with van der Waals surface area (Å²) < 4.78 is 0. The minimum absolute atomic E-state index is 0.166. The van der Waals surface area contributed by atoms with Gasteiger partial charge in [-0.25, -0.2) is 0 Å². The van der Waals surface area contributed by atoms with Gasteiger partial charge in [-0.1, -0.05) is 31.9 Å². The predicted molar refractivity (Wildman–Crippen MR) is 96.1 cm³/mol. The molecule has 0 aromatic heterocycles. The van der Waals surface area contributed by atoms with E-state index in [9.17, 15) is 0 Å². The van der Waals surface area contributed by atoms with Crippen molar-refractivity contribution in [3.05, 3.63) is 54.8 Å². The lowest BCUT2D eigenvalue weighted by atomic mass is 9.86. The van der Waals surface area contributed by atoms with Crippen molar-refractivity contribution in [2.45, 2.75) is 59.3 Å². The van der Waals surface area contributed by atoms with E-state index >= 15 is 0 Å². The molecular weight excluding hydrogens is 252 g/mol. The highest BCUT2D eigenvalue weighted by Crippen LogP contribution is 2.25. The Bertz CT molecular complexity index is 454. The van der Waals surface area contributed by atoms with Crippen LogP contribution in [-0.2, 0) is 0 Å². The molecule has 114 valence electrons. The molecule has 0 N–H and O–H groups in total. The van der Waals surface area contributed by atoms with Crippen molar-refractivity contribution in [2.24, 2.45) is 5.41 Å². The molecule has 0 bridgehead atoms. The van der Waals surface area contributed by atoms with Crippen molar-refractivity contribution < 1.29 is 0 Å². The average Bonchev–Trinajstić information content (AvgIpc) is 2.47. The maximum absolute atomic E-state index is 3.89. The Labute approximate surface area is 132 Å². The quantitative estimate of drug-likeness (QED) is 0.143. The molecule has 0 aromatic rings. The molecular formula is C21H30. The molecule has 0 atom stereocenters. The van der Waals surface area contributed by atoms with Crippen LogP contribution in [0.1, 0.15) is 59.3 Å². The van der Waals surface area contributed by atoms with Crippen molar-refractivity contribution in [1.29, 1.82) is 0 Å². The maximum atomic E-state index is 3.89. The van der Waals surface area contributed by atoms with Gasteiger partial charge in [0.2, 0.25) is 0 Å². The first-order valence-electron chi connectivity index (χ1n) is 7.83. The molecule has 0 aromatic carbocycles. The fourth-order valence-electron chi connectivity index (χ4n) is 1.74. The zero-order valence-electron chi connectivity index (χ0n) is 14.0. The molecule has 0 saturated heterocycles. The zero-order valence-corrected chi connectivity index (χ0v) is 14.0. The number of rotatable bonds is 10. The lowest BCUT2D eigenvalue weighted by Crippen LogP contribution is -2.06. The Balaban J connectivity index is 4.38. The number of hydrogen-bond donors (Lipinski definition) is 0. The van der Waals surface area contributed by atoms with Crippen molar-refractivity contribution in [3.63, 3.8) is 0 Å². The summed E-state index contributed by atoms with van der Waals surface area (Å²) in [5, 5.41) is 0. The Kier molecular flexibility index (Phi) is 11.1. The minimum atomic E-state index is 0.166. The molecule has 0 heteroatoms. The molecule has 0 aliphatic carbocycles. The topological polar surface area (TPSA) is 0 Å². The third-order valence-electron chi connectivity index (χ3n) is 3.38. The summed E-state index contributed by atoms with van der Waals surface area (Å²) in [5.74, 6) is 6.16. The van der Waals surface area contributed by atoms with E-state index in [0.717, 1.165) is 25.7 Å². The summed E-state index contributed by atoms with van der Waals surface area (Å²) in [5.41, 5.74) is 4.55. The van der Waals surface area contributed by atoms with Crippen LogP contribution in [0, 0.1) is 17.3 Å². The van der Waals surface area contributed by atoms with Crippen LogP contribution in [0.3, 0.4) is 0 Å². The van der Waals surface area contributed by atoms with E-state index in [1.165, 1.54) is 18.4 Å². The highest BCUT2D eigenvalue weighted by molar-refractivity contribution is 5.31. The monoisotopic (exact) mass is 282 g/mol. The lowest BCUT2D eigenvalue weighted by Gasteiger charge is -2.18. The summed E-state index contributed by atoms with van der Waals surface area (Å²) >= 11 is 0. The third kappa shape index (κ3) is 11.8. The van der Waals surface area contributed by atoms with E-state index in [4.69, 9.17) is 0 Å². The molecule has 0 fully saturated rings. The van der Waals surface area contributed by atoms with Crippen LogP contribution in [-0.4, -0.2) is 0 Å². The van der Waals surface area contributed by atoms with Crippen molar-refractivity contribution >= 4 is 0 Å². The Morgan fingerprint density at radius 1 is 1.14 bits per heavy atom. The molecule has 0 saturated carbocycles. The van der Waals surface area contributed by atoms with Gasteiger partial charge in [0.25, 0.3) is 0 Å². The predicted octanol–water partition coefficient (Wildman–Crippen LogP) is 6.39. The van der Waals surface area contributed by atoms with Gasteiger partial charge < -0.3 is 0 Å². The van der Waals surface area contributed by atoms with Crippen molar-refractivity contribution in [1.82, 2.24) is 0 Å². The average molecular weight is 282 g/mol. The van der Waals surface area contributed by atoms with E-state index in [0.29, 0.717) is 0 Å². The van der Waals surface area contributed by atoms with Crippen LogP contribution in [0.15, 0.2) is 54.8 Å². The summed E-state index contributed by atoms with van der Waals surface area (Å²) in [6.07, 6.45) is 16.8. The Morgan fingerprint density at radius 2 is 1.86 bits per heavy atom. The highest BCUT2D eigenvalue weighted by atomic mass is 14.2. The molecule has 0 unspecified atom stereocenters. The smallest absolute Gasteiger partial charge is 0.00266 e. The van der Waals surface area contributed by atoms with E-state index in [2.05, 4.69) is 56.7 Å². The lowest BCUT2D eigenvalue weighted by molar-refractivity contribution is 0.440. The summed E-state index contributed by atoms with van der Waals surface area (Å²) in [7, 11) is 0. The fraction of sp³-hybridized carbons (Fsp3) is 0.476. The van der Waals surface area contributed by atoms with E-state index in [-0.39, 0.29) is 5.41 Å². The first kappa shape index (κ1) is 19.3. The first-order chi connectivity index (χ1) is 10.1. The minimum Gasteiger partial charge on any atom is -0.125 e. The summed E-state index contributed by atoms with van der Waals surface area (Å²) in [4.78, 5) is 0. The second kappa shape index (κ2) is 12.1. The summed E-state index contributed by atoms with van der Waals surface area (Å²) in [6.45, 7) is 13.9. The van der Waals surface area contributed by atoms with Gasteiger partial charge in [0.1, 0.15) is 0 Å². The number of allylic oxidation sites excluding steroid dienone is 5. The van der Waals surface area contributed by atoms with Gasteiger partial charge in [-0.2, -0.15) is 0 Å². The van der Waals surface area contributed by atoms with Crippen LogP contribution in [0.5, 0.6) is 0 Å². The second-order valence-corrected chi connectivity index (χ2v) is 5.87. The maximum Gasteiger partial charge on any atom is 0.00266 e. The van der Waals surface area contributed by atoms with Crippen LogP contribution < -0.4 is 0 Å². The van der Waals surface area contributed by atoms with Crippen LogP contribution in [0.4, 0.5) is 0 Å². The number of unbranched alkanes of at least 4 members (excludes halogenated alkanes) is 3. The first-order valence-corrected chi connectivity index (χ1v) is 7.83.